The topological polar surface area (TPSA) is 49.4 Å². The maximum Gasteiger partial charge on any atom is 0.243 e. The number of hydrogen-bond donors (Lipinski definition) is 1. The lowest BCUT2D eigenvalue weighted by Gasteiger charge is -2.29. The number of nitrogens with zero attached hydrogens (tertiary/aromatic N) is 1. The summed E-state index contributed by atoms with van der Waals surface area (Å²) in [4.78, 5) is 0.448. The van der Waals surface area contributed by atoms with Gasteiger partial charge in [0.15, 0.2) is 0 Å². The first-order chi connectivity index (χ1) is 11.5. The molecule has 0 amide bonds. The molecule has 5 heteroatoms. The van der Waals surface area contributed by atoms with E-state index < -0.39 is 10.0 Å². The van der Waals surface area contributed by atoms with Gasteiger partial charge in [-0.15, -0.1) is 0 Å². The van der Waals surface area contributed by atoms with Gasteiger partial charge in [0.05, 0.1) is 4.90 Å². The standard InChI is InChI=1S/C19H26N2O2S/c1-14-6-8-21(9-7-14)24(22,23)19-5-2-16-10-15(11-17(16)12-19)13-20-18-3-4-18/h2,5,11-12,14,18,20H,3-4,6-10,13H2,1H3. The van der Waals surface area contributed by atoms with E-state index in [1.165, 1.54) is 24.0 Å². The molecule has 4 nitrogen and oxygen atoms in total. The second-order valence-electron chi connectivity index (χ2n) is 7.58. The van der Waals surface area contributed by atoms with E-state index in [2.05, 4.69) is 18.3 Å². The average molecular weight is 346 g/mol. The second kappa shape index (κ2) is 6.28. The number of sulfonamides is 1. The third-order valence-electron chi connectivity index (χ3n) is 5.47. The lowest BCUT2D eigenvalue weighted by atomic mass is 10.0. The molecule has 1 saturated heterocycles. The fourth-order valence-corrected chi connectivity index (χ4v) is 5.10. The molecule has 0 unspecified atom stereocenters. The van der Waals surface area contributed by atoms with Crippen LogP contribution in [0.2, 0.25) is 0 Å². The van der Waals surface area contributed by atoms with Crippen LogP contribution in [0.5, 0.6) is 0 Å². The van der Waals surface area contributed by atoms with Crippen LogP contribution in [-0.4, -0.2) is 38.4 Å². The molecule has 0 spiro atoms. The molecule has 1 aliphatic heterocycles. The largest absolute Gasteiger partial charge is 0.310 e. The smallest absolute Gasteiger partial charge is 0.243 e. The van der Waals surface area contributed by atoms with Crippen LogP contribution in [0.4, 0.5) is 0 Å². The first kappa shape index (κ1) is 16.3. The first-order valence-electron chi connectivity index (χ1n) is 9.08. The zero-order valence-corrected chi connectivity index (χ0v) is 15.1. The highest BCUT2D eigenvalue weighted by molar-refractivity contribution is 7.89. The Morgan fingerprint density at radius 2 is 1.92 bits per heavy atom. The Labute approximate surface area is 145 Å². The van der Waals surface area contributed by atoms with E-state index >= 15 is 0 Å². The Morgan fingerprint density at radius 3 is 2.62 bits per heavy atom. The van der Waals surface area contributed by atoms with Crippen LogP contribution in [0.3, 0.4) is 0 Å². The summed E-state index contributed by atoms with van der Waals surface area (Å²) in [5.74, 6) is 0.626. The Bertz CT molecular complexity index is 758. The quantitative estimate of drug-likeness (QED) is 0.892. The highest BCUT2D eigenvalue weighted by atomic mass is 32.2. The van der Waals surface area contributed by atoms with Gasteiger partial charge in [-0.25, -0.2) is 8.42 Å². The van der Waals surface area contributed by atoms with Crippen LogP contribution >= 0.6 is 0 Å². The molecule has 4 rings (SSSR count). The van der Waals surface area contributed by atoms with Gasteiger partial charge in [-0.3, -0.25) is 0 Å². The van der Waals surface area contributed by atoms with Crippen molar-refractivity contribution in [3.05, 3.63) is 34.9 Å². The molecule has 24 heavy (non-hydrogen) atoms. The number of hydrogen-bond acceptors (Lipinski definition) is 3. The van der Waals surface area contributed by atoms with E-state index in [1.54, 1.807) is 10.4 Å². The lowest BCUT2D eigenvalue weighted by molar-refractivity contribution is 0.288. The van der Waals surface area contributed by atoms with E-state index in [1.807, 2.05) is 12.1 Å². The molecule has 1 saturated carbocycles. The summed E-state index contributed by atoms with van der Waals surface area (Å²) in [5, 5.41) is 3.54. The van der Waals surface area contributed by atoms with Crippen molar-refractivity contribution in [3.8, 4) is 0 Å². The number of fused-ring (bicyclic) bond motifs is 1. The monoisotopic (exact) mass is 346 g/mol. The predicted molar refractivity (Wildman–Crippen MR) is 96.3 cm³/mol. The molecule has 0 bridgehead atoms. The Balaban J connectivity index is 1.51. The van der Waals surface area contributed by atoms with E-state index in [4.69, 9.17) is 0 Å². The predicted octanol–water partition coefficient (Wildman–Crippen LogP) is 2.80. The summed E-state index contributed by atoms with van der Waals surface area (Å²) < 4.78 is 27.4. The normalized spacial score (nSPS) is 22.5. The maximum absolute atomic E-state index is 12.9. The van der Waals surface area contributed by atoms with Crippen molar-refractivity contribution in [3.63, 3.8) is 0 Å². The van der Waals surface area contributed by atoms with Gasteiger partial charge in [-0.1, -0.05) is 24.6 Å². The minimum atomic E-state index is -3.35. The van der Waals surface area contributed by atoms with Crippen LogP contribution in [0, 0.1) is 5.92 Å². The van der Waals surface area contributed by atoms with Gasteiger partial charge in [0.2, 0.25) is 10.0 Å². The molecule has 1 heterocycles. The van der Waals surface area contributed by atoms with Crippen molar-refractivity contribution in [2.45, 2.75) is 50.0 Å². The fraction of sp³-hybridized carbons (Fsp3) is 0.579. The van der Waals surface area contributed by atoms with E-state index in [-0.39, 0.29) is 0 Å². The molecule has 1 aromatic rings. The van der Waals surface area contributed by atoms with Crippen LogP contribution in [-0.2, 0) is 16.4 Å². The Morgan fingerprint density at radius 1 is 1.17 bits per heavy atom. The van der Waals surface area contributed by atoms with Crippen molar-refractivity contribution in [2.24, 2.45) is 5.92 Å². The highest BCUT2D eigenvalue weighted by Crippen LogP contribution is 2.30. The van der Waals surface area contributed by atoms with Crippen LogP contribution in [0.15, 0.2) is 28.7 Å². The van der Waals surface area contributed by atoms with Crippen molar-refractivity contribution in [2.75, 3.05) is 19.6 Å². The molecule has 2 fully saturated rings. The fourth-order valence-electron chi connectivity index (χ4n) is 3.60. The molecule has 1 aromatic carbocycles. The van der Waals surface area contributed by atoms with E-state index in [0.29, 0.717) is 29.9 Å². The van der Waals surface area contributed by atoms with Crippen LogP contribution < -0.4 is 5.32 Å². The van der Waals surface area contributed by atoms with E-state index in [9.17, 15) is 8.42 Å². The lowest BCUT2D eigenvalue weighted by Crippen LogP contribution is -2.37. The van der Waals surface area contributed by atoms with Crippen molar-refractivity contribution >= 4 is 16.1 Å². The number of nitrogens with one attached hydrogen (secondary N) is 1. The number of rotatable bonds is 5. The van der Waals surface area contributed by atoms with Gasteiger partial charge >= 0.3 is 0 Å². The molecule has 0 aromatic heterocycles. The average Bonchev–Trinajstić information content (AvgIpc) is 3.30. The molecule has 0 radical (unpaired) electrons. The zero-order chi connectivity index (χ0) is 16.7. The van der Waals surface area contributed by atoms with Gasteiger partial charge in [0, 0.05) is 25.7 Å². The molecular formula is C19H26N2O2S. The van der Waals surface area contributed by atoms with Gasteiger partial charge in [0.1, 0.15) is 0 Å². The highest BCUT2D eigenvalue weighted by Gasteiger charge is 2.29. The SMILES string of the molecule is CC1CCN(S(=O)(=O)c2ccc3c(c2)C=C(CNC2CC2)C3)CC1. The zero-order valence-electron chi connectivity index (χ0n) is 14.3. The van der Waals surface area contributed by atoms with Crippen molar-refractivity contribution in [1.29, 1.82) is 0 Å². The van der Waals surface area contributed by atoms with Gasteiger partial charge in [-0.2, -0.15) is 4.31 Å². The van der Waals surface area contributed by atoms with Crippen LogP contribution in [0.1, 0.15) is 43.7 Å². The third-order valence-corrected chi connectivity index (χ3v) is 7.36. The maximum atomic E-state index is 12.9. The van der Waals surface area contributed by atoms with Crippen molar-refractivity contribution in [1.82, 2.24) is 9.62 Å². The Hall–Kier alpha value is -1.17. The third kappa shape index (κ3) is 3.30. The molecule has 3 aliphatic rings. The van der Waals surface area contributed by atoms with Gasteiger partial charge < -0.3 is 5.32 Å². The van der Waals surface area contributed by atoms with Crippen LogP contribution in [0.25, 0.3) is 6.08 Å². The molecule has 0 atom stereocenters. The summed E-state index contributed by atoms with van der Waals surface area (Å²) in [7, 11) is -3.35. The minimum absolute atomic E-state index is 0.448. The molecule has 2 aliphatic carbocycles. The summed E-state index contributed by atoms with van der Waals surface area (Å²) >= 11 is 0. The second-order valence-corrected chi connectivity index (χ2v) is 9.52. The molecule has 130 valence electrons. The van der Waals surface area contributed by atoms with Crippen molar-refractivity contribution < 1.29 is 8.42 Å². The minimum Gasteiger partial charge on any atom is -0.310 e. The van der Waals surface area contributed by atoms with Gasteiger partial charge in [0.25, 0.3) is 0 Å². The summed E-state index contributed by atoms with van der Waals surface area (Å²) in [6.45, 7) is 4.41. The number of piperidine rings is 1. The molecule has 1 N–H and O–H groups in total. The summed E-state index contributed by atoms with van der Waals surface area (Å²) in [5.41, 5.74) is 3.68. The number of benzene rings is 1. The Kier molecular flexibility index (Phi) is 4.27. The van der Waals surface area contributed by atoms with Gasteiger partial charge in [-0.05, 0) is 61.3 Å². The summed E-state index contributed by atoms with van der Waals surface area (Å²) in [6, 6.07) is 6.35. The first-order valence-corrected chi connectivity index (χ1v) is 10.5. The summed E-state index contributed by atoms with van der Waals surface area (Å²) in [6.07, 6.45) is 7.61. The van der Waals surface area contributed by atoms with E-state index in [0.717, 1.165) is 31.4 Å². The molecular weight excluding hydrogens is 320 g/mol.